The Morgan fingerprint density at radius 2 is 1.93 bits per heavy atom. The van der Waals surface area contributed by atoms with Crippen LogP contribution in [0.5, 0.6) is 0 Å². The van der Waals surface area contributed by atoms with Gasteiger partial charge >= 0.3 is 0 Å². The lowest BCUT2D eigenvalue weighted by Gasteiger charge is -2.34. The first-order valence-electron chi connectivity index (χ1n) is 9.47. The van der Waals surface area contributed by atoms with Crippen molar-refractivity contribution < 1.29 is 14.3 Å². The Kier molecular flexibility index (Phi) is 5.12. The van der Waals surface area contributed by atoms with Crippen molar-refractivity contribution in [2.24, 2.45) is 0 Å². The second kappa shape index (κ2) is 7.56. The van der Waals surface area contributed by atoms with Gasteiger partial charge in [0.15, 0.2) is 5.69 Å². The van der Waals surface area contributed by atoms with E-state index in [0.29, 0.717) is 49.1 Å². The van der Waals surface area contributed by atoms with Crippen LogP contribution in [0.1, 0.15) is 40.4 Å². The third-order valence-corrected chi connectivity index (χ3v) is 5.48. The average molecular weight is 403 g/mol. The standard InChI is InChI=1S/C20H23ClN4O3/c1-13-10-24(11-14(2)28-13)19(26)17-9-18-20(27)23(7-8-25(18)22-17)12-15-5-3-4-6-16(15)21/h3-6,9,13-14H,7-8,10-12H2,1-2H3. The normalized spacial score (nSPS) is 22.3. The van der Waals surface area contributed by atoms with Crippen molar-refractivity contribution in [3.05, 3.63) is 52.3 Å². The molecule has 1 aromatic carbocycles. The van der Waals surface area contributed by atoms with Crippen molar-refractivity contribution in [1.29, 1.82) is 0 Å². The van der Waals surface area contributed by atoms with E-state index in [0.717, 1.165) is 5.56 Å². The summed E-state index contributed by atoms with van der Waals surface area (Å²) >= 11 is 6.23. The molecule has 7 nitrogen and oxygen atoms in total. The molecule has 1 fully saturated rings. The third kappa shape index (κ3) is 3.64. The second-order valence-corrected chi connectivity index (χ2v) is 7.83. The van der Waals surface area contributed by atoms with Crippen molar-refractivity contribution in [1.82, 2.24) is 19.6 Å². The number of carbonyl (C=O) groups excluding carboxylic acids is 2. The first-order chi connectivity index (χ1) is 13.4. The highest BCUT2D eigenvalue weighted by Gasteiger charge is 2.32. The van der Waals surface area contributed by atoms with Crippen molar-refractivity contribution >= 4 is 23.4 Å². The van der Waals surface area contributed by atoms with E-state index in [1.807, 2.05) is 38.1 Å². The van der Waals surface area contributed by atoms with Crippen LogP contribution in [0.25, 0.3) is 0 Å². The molecule has 2 amide bonds. The van der Waals surface area contributed by atoms with Crippen LogP contribution in [0.3, 0.4) is 0 Å². The zero-order valence-corrected chi connectivity index (χ0v) is 16.7. The molecule has 1 aromatic heterocycles. The van der Waals surface area contributed by atoms with Crippen LogP contribution in [0, 0.1) is 0 Å². The van der Waals surface area contributed by atoms with Gasteiger partial charge in [-0.1, -0.05) is 29.8 Å². The second-order valence-electron chi connectivity index (χ2n) is 7.42. The summed E-state index contributed by atoms with van der Waals surface area (Å²) in [7, 11) is 0. The molecule has 0 radical (unpaired) electrons. The number of hydrogen-bond donors (Lipinski definition) is 0. The van der Waals surface area contributed by atoms with Crippen LogP contribution >= 0.6 is 11.6 Å². The Morgan fingerprint density at radius 1 is 1.21 bits per heavy atom. The molecule has 2 atom stereocenters. The fourth-order valence-electron chi connectivity index (χ4n) is 3.83. The van der Waals surface area contributed by atoms with Gasteiger partial charge in [-0.15, -0.1) is 0 Å². The minimum atomic E-state index is -0.158. The molecule has 2 aliphatic heterocycles. The maximum absolute atomic E-state index is 12.9. The smallest absolute Gasteiger partial charge is 0.274 e. The number of ether oxygens (including phenoxy) is 1. The lowest BCUT2D eigenvalue weighted by atomic mass is 10.1. The number of carbonyl (C=O) groups is 2. The molecular weight excluding hydrogens is 380 g/mol. The molecule has 4 rings (SSSR count). The number of hydrogen-bond acceptors (Lipinski definition) is 4. The van der Waals surface area contributed by atoms with Gasteiger partial charge in [0.1, 0.15) is 5.69 Å². The van der Waals surface area contributed by atoms with Crippen molar-refractivity contribution in [3.63, 3.8) is 0 Å². The molecule has 2 unspecified atom stereocenters. The Morgan fingerprint density at radius 3 is 2.64 bits per heavy atom. The fraction of sp³-hybridized carbons (Fsp3) is 0.450. The van der Waals surface area contributed by atoms with E-state index >= 15 is 0 Å². The van der Waals surface area contributed by atoms with E-state index in [2.05, 4.69) is 5.10 Å². The summed E-state index contributed by atoms with van der Waals surface area (Å²) in [6.45, 7) is 6.46. The molecule has 2 aromatic rings. The van der Waals surface area contributed by atoms with Gasteiger partial charge < -0.3 is 14.5 Å². The first kappa shape index (κ1) is 19.0. The molecule has 3 heterocycles. The molecule has 0 aliphatic carbocycles. The summed E-state index contributed by atoms with van der Waals surface area (Å²) in [5, 5.41) is 5.04. The van der Waals surface area contributed by atoms with Crippen LogP contribution in [-0.2, 0) is 17.8 Å². The Balaban J connectivity index is 1.52. The molecule has 8 heteroatoms. The van der Waals surface area contributed by atoms with Gasteiger partial charge in [0.05, 0.1) is 18.8 Å². The number of benzene rings is 1. The molecule has 0 spiro atoms. The molecule has 0 bridgehead atoms. The molecule has 0 N–H and O–H groups in total. The monoisotopic (exact) mass is 402 g/mol. The van der Waals surface area contributed by atoms with Crippen LogP contribution < -0.4 is 0 Å². The highest BCUT2D eigenvalue weighted by atomic mass is 35.5. The van der Waals surface area contributed by atoms with Crippen molar-refractivity contribution in [2.45, 2.75) is 39.1 Å². The number of aromatic nitrogens is 2. The molecule has 148 valence electrons. The van der Waals surface area contributed by atoms with Gasteiger partial charge in [-0.25, -0.2) is 0 Å². The van der Waals surface area contributed by atoms with Crippen molar-refractivity contribution in [2.75, 3.05) is 19.6 Å². The quantitative estimate of drug-likeness (QED) is 0.790. The van der Waals surface area contributed by atoms with Gasteiger partial charge in [-0.3, -0.25) is 14.3 Å². The van der Waals surface area contributed by atoms with Crippen LogP contribution in [0.4, 0.5) is 0 Å². The lowest BCUT2D eigenvalue weighted by Crippen LogP contribution is -2.48. The topological polar surface area (TPSA) is 67.7 Å². The molecule has 28 heavy (non-hydrogen) atoms. The predicted octanol–water partition coefficient (Wildman–Crippen LogP) is 2.44. The summed E-state index contributed by atoms with van der Waals surface area (Å²) in [6.07, 6.45) is -0.0321. The van der Waals surface area contributed by atoms with E-state index in [1.54, 1.807) is 20.5 Å². The van der Waals surface area contributed by atoms with Crippen molar-refractivity contribution in [3.8, 4) is 0 Å². The number of halogens is 1. The van der Waals surface area contributed by atoms with Crippen LogP contribution in [0.2, 0.25) is 5.02 Å². The number of fused-ring (bicyclic) bond motifs is 1. The van der Waals surface area contributed by atoms with E-state index in [4.69, 9.17) is 16.3 Å². The SMILES string of the molecule is CC1CN(C(=O)c2cc3n(n2)CCN(Cc2ccccc2Cl)C3=O)CC(C)O1. The Labute approximate surface area is 168 Å². The van der Waals surface area contributed by atoms with E-state index in [1.165, 1.54) is 0 Å². The summed E-state index contributed by atoms with van der Waals surface area (Å²) < 4.78 is 7.32. The molecule has 0 saturated carbocycles. The first-order valence-corrected chi connectivity index (χ1v) is 9.85. The predicted molar refractivity (Wildman–Crippen MR) is 104 cm³/mol. The minimum absolute atomic E-state index is 0.0160. The molecule has 2 aliphatic rings. The lowest BCUT2D eigenvalue weighted by molar-refractivity contribution is -0.0587. The summed E-state index contributed by atoms with van der Waals surface area (Å²) in [5.41, 5.74) is 1.65. The fourth-order valence-corrected chi connectivity index (χ4v) is 4.03. The Bertz CT molecular complexity index is 903. The highest BCUT2D eigenvalue weighted by Crippen LogP contribution is 2.22. The summed E-state index contributed by atoms with van der Waals surface area (Å²) in [6, 6.07) is 9.10. The third-order valence-electron chi connectivity index (χ3n) is 5.11. The van der Waals surface area contributed by atoms with Gasteiger partial charge in [0.25, 0.3) is 11.8 Å². The summed E-state index contributed by atoms with van der Waals surface area (Å²) in [5.74, 6) is -0.296. The van der Waals surface area contributed by atoms with Crippen LogP contribution in [-0.4, -0.2) is 63.2 Å². The maximum atomic E-state index is 12.9. The highest BCUT2D eigenvalue weighted by molar-refractivity contribution is 6.31. The van der Waals surface area contributed by atoms with Gasteiger partial charge in [-0.2, -0.15) is 5.10 Å². The van der Waals surface area contributed by atoms with Gasteiger partial charge in [-0.05, 0) is 25.5 Å². The largest absolute Gasteiger partial charge is 0.372 e. The zero-order chi connectivity index (χ0) is 19.8. The maximum Gasteiger partial charge on any atom is 0.274 e. The van der Waals surface area contributed by atoms with Gasteiger partial charge in [0.2, 0.25) is 0 Å². The summed E-state index contributed by atoms with van der Waals surface area (Å²) in [4.78, 5) is 29.3. The molecular formula is C20H23ClN4O3. The molecule has 1 saturated heterocycles. The number of morpholine rings is 1. The van der Waals surface area contributed by atoms with E-state index in [9.17, 15) is 9.59 Å². The van der Waals surface area contributed by atoms with E-state index < -0.39 is 0 Å². The Hall–Kier alpha value is -2.38. The van der Waals surface area contributed by atoms with E-state index in [-0.39, 0.29) is 24.0 Å². The average Bonchev–Trinajstić information content (AvgIpc) is 3.09. The minimum Gasteiger partial charge on any atom is -0.372 e. The number of amides is 2. The number of nitrogens with zero attached hydrogens (tertiary/aromatic N) is 4. The number of rotatable bonds is 3. The van der Waals surface area contributed by atoms with Gasteiger partial charge in [0, 0.05) is 37.3 Å². The van der Waals surface area contributed by atoms with Crippen LogP contribution in [0.15, 0.2) is 30.3 Å². The zero-order valence-electron chi connectivity index (χ0n) is 16.0.